The van der Waals surface area contributed by atoms with Crippen molar-refractivity contribution in [2.24, 2.45) is 5.84 Å². The number of rotatable bonds is 4. The summed E-state index contributed by atoms with van der Waals surface area (Å²) < 4.78 is 0. The van der Waals surface area contributed by atoms with Gasteiger partial charge in [0.2, 0.25) is 0 Å². The maximum atomic E-state index is 5.66. The van der Waals surface area contributed by atoms with Crippen LogP contribution >= 0.6 is 0 Å². The summed E-state index contributed by atoms with van der Waals surface area (Å²) in [5.74, 6) is 6.54. The Hall–Kier alpha value is -1.03. The van der Waals surface area contributed by atoms with Gasteiger partial charge in [-0.05, 0) is 12.8 Å². The lowest BCUT2D eigenvalue weighted by Crippen LogP contribution is -2.26. The zero-order valence-electron chi connectivity index (χ0n) is 8.59. The summed E-state index contributed by atoms with van der Waals surface area (Å²) in [7, 11) is 1.81. The Bertz CT molecular complexity index is 265. The molecule has 1 aromatic rings. The second-order valence-corrected chi connectivity index (χ2v) is 3.22. The molecule has 0 aliphatic carbocycles. The topological polar surface area (TPSA) is 57.9 Å². The summed E-state index contributed by atoms with van der Waals surface area (Å²) in [5, 5.41) is 8.77. The summed E-state index contributed by atoms with van der Waals surface area (Å²) in [5.41, 5.74) is 2.46. The summed E-state index contributed by atoms with van der Waals surface area (Å²) in [6, 6.07) is 0. The van der Waals surface area contributed by atoms with Crippen molar-refractivity contribution in [3.63, 3.8) is 0 Å². The van der Waals surface area contributed by atoms with Gasteiger partial charge in [-0.3, -0.25) is 10.1 Å². The smallest absolute Gasteiger partial charge is 0.167 e. The molecule has 1 rings (SSSR count). The number of aryl methyl sites for hydroxylation is 1. The van der Waals surface area contributed by atoms with Gasteiger partial charge in [0, 0.05) is 18.3 Å². The third kappa shape index (κ3) is 2.01. The lowest BCUT2D eigenvalue weighted by molar-refractivity contribution is 0.883. The zero-order valence-corrected chi connectivity index (χ0v) is 8.59. The second-order valence-electron chi connectivity index (χ2n) is 3.22. The Morgan fingerprint density at radius 1 is 1.46 bits per heavy atom. The number of hydrogen-bond acceptors (Lipinski definition) is 3. The lowest BCUT2D eigenvalue weighted by atomic mass is 10.1. The van der Waals surface area contributed by atoms with E-state index in [-0.39, 0.29) is 0 Å². The first-order chi connectivity index (χ1) is 6.20. The van der Waals surface area contributed by atoms with Crippen LogP contribution in [0.2, 0.25) is 0 Å². The van der Waals surface area contributed by atoms with E-state index in [2.05, 4.69) is 24.0 Å². The Labute approximate surface area is 79.1 Å². The molecule has 1 aromatic heterocycles. The number of H-pyrrole nitrogens is 1. The van der Waals surface area contributed by atoms with Crippen molar-refractivity contribution in [1.82, 2.24) is 10.2 Å². The van der Waals surface area contributed by atoms with E-state index in [0.29, 0.717) is 0 Å². The van der Waals surface area contributed by atoms with Gasteiger partial charge in [0.25, 0.3) is 0 Å². The predicted molar refractivity (Wildman–Crippen MR) is 54.6 cm³/mol. The van der Waals surface area contributed by atoms with Gasteiger partial charge in [-0.25, -0.2) is 5.84 Å². The minimum absolute atomic E-state index is 0.874. The monoisotopic (exact) mass is 182 g/mol. The van der Waals surface area contributed by atoms with Crippen LogP contribution < -0.4 is 10.9 Å². The number of aromatic amines is 1. The highest BCUT2D eigenvalue weighted by atomic mass is 15.4. The molecule has 0 atom stereocenters. The molecule has 0 bridgehead atoms. The largest absolute Gasteiger partial charge is 0.296 e. The van der Waals surface area contributed by atoms with Crippen LogP contribution in [0.15, 0.2) is 0 Å². The fourth-order valence-corrected chi connectivity index (χ4v) is 1.49. The molecule has 0 amide bonds. The molecule has 0 radical (unpaired) electrons. The predicted octanol–water partition coefficient (Wildman–Crippen LogP) is 1.23. The fraction of sp³-hybridized carbons (Fsp3) is 0.667. The molecule has 0 aliphatic heterocycles. The van der Waals surface area contributed by atoms with E-state index < -0.39 is 0 Å². The number of anilines is 1. The molecular weight excluding hydrogens is 164 g/mol. The van der Waals surface area contributed by atoms with Crippen molar-refractivity contribution in [2.75, 3.05) is 12.1 Å². The molecule has 0 aromatic carbocycles. The normalized spacial score (nSPS) is 10.5. The average molecular weight is 182 g/mol. The molecule has 4 heteroatoms. The average Bonchev–Trinajstić information content (AvgIpc) is 2.48. The van der Waals surface area contributed by atoms with E-state index in [0.717, 1.165) is 25.1 Å². The standard InChI is InChI=1S/C9H18N4/c1-4-6-7-8(5-2)11-12-9(7)13(3)10/h4-6,10H2,1-3H3,(H,11,12). The van der Waals surface area contributed by atoms with Crippen LogP contribution in [0.1, 0.15) is 31.5 Å². The van der Waals surface area contributed by atoms with Crippen LogP contribution in [-0.2, 0) is 12.8 Å². The number of hydrogen-bond donors (Lipinski definition) is 2. The van der Waals surface area contributed by atoms with Crippen LogP contribution in [-0.4, -0.2) is 17.2 Å². The van der Waals surface area contributed by atoms with Crippen molar-refractivity contribution in [2.45, 2.75) is 33.1 Å². The Morgan fingerprint density at radius 3 is 2.62 bits per heavy atom. The van der Waals surface area contributed by atoms with Crippen molar-refractivity contribution in [1.29, 1.82) is 0 Å². The second kappa shape index (κ2) is 4.28. The zero-order chi connectivity index (χ0) is 9.84. The quantitative estimate of drug-likeness (QED) is 0.544. The minimum Gasteiger partial charge on any atom is -0.296 e. The van der Waals surface area contributed by atoms with Crippen molar-refractivity contribution in [3.05, 3.63) is 11.3 Å². The number of nitrogens with two attached hydrogens (primary N) is 1. The molecule has 0 unspecified atom stereocenters. The molecule has 0 aliphatic rings. The summed E-state index contributed by atoms with van der Waals surface area (Å²) in [6.07, 6.45) is 3.14. The van der Waals surface area contributed by atoms with Crippen LogP contribution in [0.5, 0.6) is 0 Å². The summed E-state index contributed by atoms with van der Waals surface area (Å²) in [6.45, 7) is 4.28. The molecule has 0 saturated heterocycles. The molecule has 0 fully saturated rings. The molecule has 3 N–H and O–H groups in total. The molecule has 1 heterocycles. The Morgan fingerprint density at radius 2 is 2.15 bits per heavy atom. The van der Waals surface area contributed by atoms with Crippen LogP contribution in [0.4, 0.5) is 5.82 Å². The lowest BCUT2D eigenvalue weighted by Gasteiger charge is -2.10. The number of nitrogens with zero attached hydrogens (tertiary/aromatic N) is 2. The van der Waals surface area contributed by atoms with E-state index >= 15 is 0 Å². The van der Waals surface area contributed by atoms with Gasteiger partial charge in [0.15, 0.2) is 5.82 Å². The molecule has 0 spiro atoms. The Kier molecular flexibility index (Phi) is 3.31. The fourth-order valence-electron chi connectivity index (χ4n) is 1.49. The van der Waals surface area contributed by atoms with Crippen LogP contribution in [0.3, 0.4) is 0 Å². The van der Waals surface area contributed by atoms with Gasteiger partial charge < -0.3 is 0 Å². The van der Waals surface area contributed by atoms with E-state index in [1.165, 1.54) is 11.3 Å². The molecule has 0 saturated carbocycles. The van der Waals surface area contributed by atoms with Gasteiger partial charge in [0.1, 0.15) is 0 Å². The van der Waals surface area contributed by atoms with Crippen molar-refractivity contribution < 1.29 is 0 Å². The first-order valence-electron chi connectivity index (χ1n) is 4.75. The maximum absolute atomic E-state index is 5.66. The van der Waals surface area contributed by atoms with E-state index in [1.54, 1.807) is 5.01 Å². The molecule has 13 heavy (non-hydrogen) atoms. The molecule has 4 nitrogen and oxygen atoms in total. The highest BCUT2D eigenvalue weighted by Gasteiger charge is 2.12. The van der Waals surface area contributed by atoms with E-state index in [4.69, 9.17) is 5.84 Å². The van der Waals surface area contributed by atoms with Gasteiger partial charge >= 0.3 is 0 Å². The van der Waals surface area contributed by atoms with Crippen LogP contribution in [0, 0.1) is 0 Å². The molecule has 74 valence electrons. The highest BCUT2D eigenvalue weighted by molar-refractivity contribution is 5.47. The van der Waals surface area contributed by atoms with Gasteiger partial charge in [0.05, 0.1) is 0 Å². The van der Waals surface area contributed by atoms with Gasteiger partial charge in [-0.1, -0.05) is 20.3 Å². The van der Waals surface area contributed by atoms with Gasteiger partial charge in [-0.15, -0.1) is 0 Å². The maximum Gasteiger partial charge on any atom is 0.167 e. The SMILES string of the molecule is CCCc1c(N(C)N)n[nH]c1CC. The first-order valence-corrected chi connectivity index (χ1v) is 4.75. The number of nitrogens with one attached hydrogen (secondary N) is 1. The summed E-state index contributed by atoms with van der Waals surface area (Å²) >= 11 is 0. The number of hydrazine groups is 1. The molecular formula is C9H18N4. The van der Waals surface area contributed by atoms with Gasteiger partial charge in [-0.2, -0.15) is 5.10 Å². The van der Waals surface area contributed by atoms with Crippen molar-refractivity contribution >= 4 is 5.82 Å². The summed E-state index contributed by atoms with van der Waals surface area (Å²) in [4.78, 5) is 0. The number of aromatic nitrogens is 2. The van der Waals surface area contributed by atoms with E-state index in [9.17, 15) is 0 Å². The third-order valence-corrected chi connectivity index (χ3v) is 2.12. The highest BCUT2D eigenvalue weighted by Crippen LogP contribution is 2.20. The van der Waals surface area contributed by atoms with Crippen molar-refractivity contribution in [3.8, 4) is 0 Å². The van der Waals surface area contributed by atoms with E-state index in [1.807, 2.05) is 7.05 Å². The third-order valence-electron chi connectivity index (χ3n) is 2.12. The van der Waals surface area contributed by atoms with Crippen LogP contribution in [0.25, 0.3) is 0 Å². The first kappa shape index (κ1) is 10.1. The minimum atomic E-state index is 0.874. The Balaban J connectivity index is 2.99.